The Morgan fingerprint density at radius 1 is 0.520 bits per heavy atom. The molecule has 0 amide bonds. The minimum absolute atomic E-state index is 0.281. The van der Waals surface area contributed by atoms with Crippen LogP contribution in [0.25, 0.3) is 43.8 Å². The van der Waals surface area contributed by atoms with Crippen LogP contribution in [0.4, 0.5) is 13.2 Å². The maximum absolute atomic E-state index is 11.2. The fourth-order valence-electron chi connectivity index (χ4n) is 18.2. The number of rotatable bonds is 10. The summed E-state index contributed by atoms with van der Waals surface area (Å²) in [7, 11) is 10.3. The molecule has 0 atom stereocenters. The van der Waals surface area contributed by atoms with E-state index in [0.29, 0.717) is 20.3 Å². The molecule has 10 aliphatic carbocycles. The van der Waals surface area contributed by atoms with Gasteiger partial charge in [0.15, 0.2) is 0 Å². The van der Waals surface area contributed by atoms with E-state index in [-0.39, 0.29) is 6.04 Å². The van der Waals surface area contributed by atoms with Crippen molar-refractivity contribution >= 4 is 48.1 Å². The summed E-state index contributed by atoms with van der Waals surface area (Å²) in [5.41, 5.74) is 13.2. The van der Waals surface area contributed by atoms with Gasteiger partial charge in [0.25, 0.3) is 0 Å². The molecule has 10 aliphatic rings. The Hall–Kier alpha value is -2.43. The average Bonchev–Trinajstić information content (AvgIpc) is 4.01. The first-order valence-corrected chi connectivity index (χ1v) is 37.7. The van der Waals surface area contributed by atoms with E-state index < -0.39 is 33.4 Å². The predicted octanol–water partition coefficient (Wildman–Crippen LogP) is 21.6. The van der Waals surface area contributed by atoms with Crippen molar-refractivity contribution in [2.75, 3.05) is 0 Å². The molecule has 396 valence electrons. The summed E-state index contributed by atoms with van der Waals surface area (Å²) in [6, 6.07) is 43.6. The zero-order valence-electron chi connectivity index (χ0n) is 44.8. The molecule has 0 nitrogen and oxygen atoms in total. The van der Waals surface area contributed by atoms with Crippen LogP contribution < -0.4 is 0 Å². The molecular formula is C68H81Cl2F3SiZr. The third kappa shape index (κ3) is 13.1. The standard InChI is InChI=1S/2C32H37.C4H7F3Si.2ClH.Zr/c2*1-2-5-26(6-3-1)27-9-11-28(12-10-27)30-8-4-7-29-16-25(17-31(29)30)21-32-18-22-13-23(19-32)15-24(14-22)20-32;1-8-3-2-4(5,6)7;;;/h2*4,7-12,16-17,22-24,26H,1-3,5-6,13-15,18-21H2;2-3H2,1H3;2*1H;/q2*-1;;;;+4/p-2. The number of alkyl halides is 3. The first-order valence-electron chi connectivity index (χ1n) is 29.7. The van der Waals surface area contributed by atoms with E-state index in [4.69, 9.17) is 17.0 Å². The van der Waals surface area contributed by atoms with Crippen LogP contribution in [-0.4, -0.2) is 15.7 Å². The molecule has 0 aromatic heterocycles. The number of fused-ring (bicyclic) bond motifs is 2. The molecule has 16 rings (SSSR count). The van der Waals surface area contributed by atoms with Gasteiger partial charge in [-0.25, -0.2) is 0 Å². The molecule has 0 N–H and O–H groups in total. The van der Waals surface area contributed by atoms with Crippen LogP contribution in [0.2, 0.25) is 12.6 Å². The van der Waals surface area contributed by atoms with Gasteiger partial charge in [-0.15, -0.1) is 69.1 Å². The Kier molecular flexibility index (Phi) is 17.5. The van der Waals surface area contributed by atoms with Crippen LogP contribution in [0.15, 0.2) is 109 Å². The van der Waals surface area contributed by atoms with Gasteiger partial charge in [0, 0.05) is 15.9 Å². The summed E-state index contributed by atoms with van der Waals surface area (Å²) < 4.78 is 33.7. The van der Waals surface area contributed by atoms with E-state index in [1.165, 1.54) is 159 Å². The van der Waals surface area contributed by atoms with Crippen LogP contribution in [0, 0.1) is 46.3 Å². The first-order chi connectivity index (χ1) is 36.4. The van der Waals surface area contributed by atoms with Crippen molar-refractivity contribution in [2.24, 2.45) is 46.3 Å². The number of halogens is 5. The minimum atomic E-state index is -3.94. The van der Waals surface area contributed by atoms with E-state index in [1.807, 2.05) is 0 Å². The predicted molar refractivity (Wildman–Crippen MR) is 309 cm³/mol. The molecule has 75 heavy (non-hydrogen) atoms. The minimum Gasteiger partial charge on any atom is -0.164 e. The summed E-state index contributed by atoms with van der Waals surface area (Å²) in [6.45, 7) is 1.77. The fourth-order valence-corrected chi connectivity index (χ4v) is 18.7. The molecule has 6 aromatic carbocycles. The Balaban J connectivity index is 0.000000135. The van der Waals surface area contributed by atoms with Gasteiger partial charge in [-0.1, -0.05) is 123 Å². The molecule has 0 saturated heterocycles. The number of hydrogen-bond acceptors (Lipinski definition) is 0. The van der Waals surface area contributed by atoms with Gasteiger partial charge in [-0.3, -0.25) is 0 Å². The second-order valence-corrected chi connectivity index (χ2v) is 30.9. The van der Waals surface area contributed by atoms with Crippen molar-refractivity contribution in [3.8, 4) is 22.3 Å². The van der Waals surface area contributed by atoms with Gasteiger partial charge in [-0.05, 0) is 196 Å². The third-order valence-corrected chi connectivity index (χ3v) is 21.1. The molecule has 0 spiro atoms. The zero-order valence-corrected chi connectivity index (χ0v) is 49.8. The SMILES string of the molecule is C[Si]CCC(F)(F)F.[Cl][Zr+2][Cl].c1cc(-c2ccc(C3CCCCC3)cc2)c2cc(CC34CC5CC(CC(C5)C3)C4)[cH-]c2c1.c1cc(-c2ccc(C3CCCCC3)cc2)c2cc(CC34CC5CC(CC(C5)C3)C4)[cH-]c2c1. The summed E-state index contributed by atoms with van der Waals surface area (Å²) >= 11 is -0.826. The van der Waals surface area contributed by atoms with E-state index in [0.717, 1.165) is 47.3 Å². The molecule has 10 fully saturated rings. The summed E-state index contributed by atoms with van der Waals surface area (Å²) in [6.07, 6.45) is 30.4. The Morgan fingerprint density at radius 2 is 0.867 bits per heavy atom. The molecule has 7 heteroatoms. The monoisotopic (exact) mass is 1140 g/mol. The van der Waals surface area contributed by atoms with E-state index in [9.17, 15) is 13.2 Å². The van der Waals surface area contributed by atoms with Crippen molar-refractivity contribution in [2.45, 2.75) is 191 Å². The normalized spacial score (nSPS) is 28.8. The van der Waals surface area contributed by atoms with Crippen LogP contribution in [-0.2, 0) is 33.7 Å². The topological polar surface area (TPSA) is 0 Å². The van der Waals surface area contributed by atoms with Crippen molar-refractivity contribution in [1.82, 2.24) is 0 Å². The maximum atomic E-state index is 11.2. The third-order valence-electron chi connectivity index (χ3n) is 20.4. The molecule has 0 unspecified atom stereocenters. The van der Waals surface area contributed by atoms with E-state index in [2.05, 4.69) is 109 Å². The summed E-state index contributed by atoms with van der Waals surface area (Å²) in [5, 5.41) is 5.83. The Morgan fingerprint density at radius 3 is 1.17 bits per heavy atom. The molecule has 6 aromatic rings. The fraction of sp³-hybridized carbons (Fsp3) is 0.559. The molecule has 8 bridgehead atoms. The second-order valence-electron chi connectivity index (χ2n) is 26.0. The van der Waals surface area contributed by atoms with Gasteiger partial charge in [-0.2, -0.15) is 25.3 Å². The second kappa shape index (κ2) is 24.1. The van der Waals surface area contributed by atoms with Crippen molar-refractivity contribution < 1.29 is 34.0 Å². The van der Waals surface area contributed by atoms with E-state index in [1.54, 1.807) is 67.3 Å². The van der Waals surface area contributed by atoms with Crippen LogP contribution in [0.5, 0.6) is 0 Å². The molecule has 2 radical (unpaired) electrons. The quantitative estimate of drug-likeness (QED) is 0.0947. The van der Waals surface area contributed by atoms with Crippen molar-refractivity contribution in [3.63, 3.8) is 0 Å². The molecule has 0 heterocycles. The van der Waals surface area contributed by atoms with Gasteiger partial charge in [0.05, 0.1) is 0 Å². The van der Waals surface area contributed by atoms with Gasteiger partial charge < -0.3 is 0 Å². The smallest absolute Gasteiger partial charge is 0.0162 e. The molecule has 10 saturated carbocycles. The summed E-state index contributed by atoms with van der Waals surface area (Å²) in [4.78, 5) is 0. The number of hydrogen-bond donors (Lipinski definition) is 0. The van der Waals surface area contributed by atoms with Gasteiger partial charge in [0.2, 0.25) is 0 Å². The Bertz CT molecular complexity index is 2540. The van der Waals surface area contributed by atoms with E-state index >= 15 is 0 Å². The van der Waals surface area contributed by atoms with Crippen LogP contribution in [0.3, 0.4) is 0 Å². The van der Waals surface area contributed by atoms with Crippen LogP contribution >= 0.6 is 17.0 Å². The maximum Gasteiger partial charge on any atom is -0.0162 e. The largest absolute Gasteiger partial charge is 0.164 e. The first kappa shape index (κ1) is 54.5. The summed E-state index contributed by atoms with van der Waals surface area (Å²) in [5.74, 6) is 7.85. The van der Waals surface area contributed by atoms with Crippen molar-refractivity contribution in [3.05, 3.63) is 131 Å². The van der Waals surface area contributed by atoms with Gasteiger partial charge in [0.1, 0.15) is 0 Å². The van der Waals surface area contributed by atoms with Crippen LogP contribution in [0.1, 0.15) is 182 Å². The molecular weight excluding hydrogens is 1060 g/mol. The number of benzene rings is 4. The van der Waals surface area contributed by atoms with Gasteiger partial charge >= 0.3 is 44.1 Å². The average molecular weight is 1150 g/mol. The Labute approximate surface area is 469 Å². The van der Waals surface area contributed by atoms with Crippen molar-refractivity contribution in [1.29, 1.82) is 0 Å². The molecule has 0 aliphatic heterocycles. The zero-order chi connectivity index (χ0) is 51.6.